The molecule has 1 amide bonds. The van der Waals surface area contributed by atoms with Crippen molar-refractivity contribution in [2.45, 2.75) is 17.3 Å². The Morgan fingerprint density at radius 3 is 2.57 bits per heavy atom. The Bertz CT molecular complexity index is 1180. The molecule has 1 aromatic heterocycles. The number of nitrogens with zero attached hydrogens (tertiary/aromatic N) is 3. The van der Waals surface area contributed by atoms with E-state index in [-0.39, 0.29) is 5.91 Å². The number of nitrogens with two attached hydrogens (primary N) is 1. The van der Waals surface area contributed by atoms with Crippen LogP contribution in [0.15, 0.2) is 71.9 Å². The minimum absolute atomic E-state index is 0.134. The lowest BCUT2D eigenvalue weighted by molar-refractivity contribution is -0.115. The average Bonchev–Trinajstić information content (AvgIpc) is 3.14. The summed E-state index contributed by atoms with van der Waals surface area (Å²) < 4.78 is 6.57. The molecule has 0 aliphatic carbocycles. The van der Waals surface area contributed by atoms with Gasteiger partial charge >= 0.3 is 0 Å². The lowest BCUT2D eigenvalue weighted by Crippen LogP contribution is -2.23. The highest BCUT2D eigenvalue weighted by molar-refractivity contribution is 8.00. The predicted octanol–water partition coefficient (Wildman–Crippen LogP) is 3.94. The monoisotopic (exact) mass is 419 g/mol. The summed E-state index contributed by atoms with van der Waals surface area (Å²) in [5.74, 6) is 7.32. The van der Waals surface area contributed by atoms with Gasteiger partial charge in [-0.05, 0) is 42.6 Å². The van der Waals surface area contributed by atoms with Crippen LogP contribution >= 0.6 is 11.8 Å². The highest BCUT2D eigenvalue weighted by Gasteiger charge is 2.20. The van der Waals surface area contributed by atoms with E-state index in [1.165, 1.54) is 16.4 Å². The summed E-state index contributed by atoms with van der Waals surface area (Å²) in [6, 6.07) is 21.1. The van der Waals surface area contributed by atoms with Gasteiger partial charge in [0.25, 0.3) is 0 Å². The number of fused-ring (bicyclic) bond motifs is 1. The Labute approximate surface area is 178 Å². The van der Waals surface area contributed by atoms with Crippen molar-refractivity contribution in [1.82, 2.24) is 14.9 Å². The molecule has 0 aliphatic rings. The van der Waals surface area contributed by atoms with Crippen LogP contribution in [0, 0.1) is 0 Å². The van der Waals surface area contributed by atoms with Crippen LogP contribution in [0.3, 0.4) is 0 Å². The van der Waals surface area contributed by atoms with Gasteiger partial charge in [-0.2, -0.15) is 0 Å². The van der Waals surface area contributed by atoms with Crippen molar-refractivity contribution < 1.29 is 9.53 Å². The first-order chi connectivity index (χ1) is 14.6. The first kappa shape index (κ1) is 19.8. The van der Waals surface area contributed by atoms with E-state index in [1.54, 1.807) is 7.11 Å². The second-order valence-corrected chi connectivity index (χ2v) is 7.99. The maximum atomic E-state index is 12.8. The second-order valence-electron chi connectivity index (χ2n) is 6.68. The lowest BCUT2D eigenvalue weighted by atomic mass is 10.1. The van der Waals surface area contributed by atoms with Gasteiger partial charge < -0.3 is 15.9 Å². The minimum Gasteiger partial charge on any atom is -0.497 e. The van der Waals surface area contributed by atoms with E-state index in [0.29, 0.717) is 11.0 Å². The van der Waals surface area contributed by atoms with Gasteiger partial charge in [0, 0.05) is 16.6 Å². The van der Waals surface area contributed by atoms with Gasteiger partial charge in [0.2, 0.25) is 11.1 Å². The van der Waals surface area contributed by atoms with E-state index in [4.69, 9.17) is 10.6 Å². The van der Waals surface area contributed by atoms with Crippen molar-refractivity contribution in [2.75, 3.05) is 18.3 Å². The fourth-order valence-corrected chi connectivity index (χ4v) is 3.84. The van der Waals surface area contributed by atoms with Crippen LogP contribution in [0.4, 0.5) is 5.69 Å². The molecule has 1 heterocycles. The molecule has 0 saturated heterocycles. The summed E-state index contributed by atoms with van der Waals surface area (Å²) in [4.78, 5) is 12.8. The van der Waals surface area contributed by atoms with E-state index in [1.807, 2.05) is 73.7 Å². The summed E-state index contributed by atoms with van der Waals surface area (Å²) >= 11 is 1.25. The molecule has 3 aromatic carbocycles. The van der Waals surface area contributed by atoms with E-state index < -0.39 is 5.25 Å². The molecule has 7 nitrogen and oxygen atoms in total. The Balaban J connectivity index is 1.49. The smallest absolute Gasteiger partial charge is 0.237 e. The van der Waals surface area contributed by atoms with Crippen molar-refractivity contribution in [2.24, 2.45) is 0 Å². The molecule has 0 spiro atoms. The molecule has 1 atom stereocenters. The standard InChI is InChI=1S/C22H21N5O2S/c1-14(21(28)24-19-9-5-7-15-6-3-4-8-18(15)19)30-22-26-25-20(27(22)23)16-10-12-17(29-2)13-11-16/h3-14H,23H2,1-2H3,(H,24,28). The van der Waals surface area contributed by atoms with Crippen LogP contribution in [0.25, 0.3) is 22.2 Å². The molecule has 1 unspecified atom stereocenters. The third-order valence-electron chi connectivity index (χ3n) is 4.71. The topological polar surface area (TPSA) is 95.1 Å². The number of hydrogen-bond donors (Lipinski definition) is 2. The maximum Gasteiger partial charge on any atom is 0.237 e. The van der Waals surface area contributed by atoms with Crippen LogP contribution in [0.5, 0.6) is 5.75 Å². The number of carbonyl (C=O) groups excluding carboxylic acids is 1. The molecular formula is C22H21N5O2S. The number of nitrogen functional groups attached to an aromatic ring is 1. The Kier molecular flexibility index (Phi) is 5.58. The molecule has 0 aliphatic heterocycles. The number of thioether (sulfide) groups is 1. The summed E-state index contributed by atoms with van der Waals surface area (Å²) in [5, 5.41) is 13.4. The SMILES string of the molecule is COc1ccc(-c2nnc(SC(C)C(=O)Nc3cccc4ccccc34)n2N)cc1. The van der Waals surface area contributed by atoms with E-state index >= 15 is 0 Å². The van der Waals surface area contributed by atoms with Crippen LogP contribution < -0.4 is 15.9 Å². The number of rotatable bonds is 6. The van der Waals surface area contributed by atoms with Crippen molar-refractivity contribution >= 4 is 34.1 Å². The molecule has 30 heavy (non-hydrogen) atoms. The number of hydrogen-bond acceptors (Lipinski definition) is 6. The van der Waals surface area contributed by atoms with Gasteiger partial charge in [-0.1, -0.05) is 48.2 Å². The number of anilines is 1. The molecule has 4 aromatic rings. The zero-order valence-electron chi connectivity index (χ0n) is 16.6. The molecule has 152 valence electrons. The number of benzene rings is 3. The Morgan fingerprint density at radius 1 is 1.07 bits per heavy atom. The first-order valence-electron chi connectivity index (χ1n) is 9.37. The number of ether oxygens (including phenoxy) is 1. The van der Waals surface area contributed by atoms with Gasteiger partial charge in [0.1, 0.15) is 5.75 Å². The van der Waals surface area contributed by atoms with Crippen LogP contribution in [0.1, 0.15) is 6.92 Å². The summed E-state index contributed by atoms with van der Waals surface area (Å²) in [7, 11) is 1.61. The highest BCUT2D eigenvalue weighted by Crippen LogP contribution is 2.28. The maximum absolute atomic E-state index is 12.8. The molecule has 0 bridgehead atoms. The third kappa shape index (κ3) is 3.95. The number of amides is 1. The van der Waals surface area contributed by atoms with Gasteiger partial charge in [-0.25, -0.2) is 4.68 Å². The molecule has 4 rings (SSSR count). The lowest BCUT2D eigenvalue weighted by Gasteiger charge is -2.13. The van der Waals surface area contributed by atoms with Gasteiger partial charge in [0.05, 0.1) is 12.4 Å². The van der Waals surface area contributed by atoms with E-state index in [0.717, 1.165) is 27.8 Å². The quantitative estimate of drug-likeness (QED) is 0.363. The summed E-state index contributed by atoms with van der Waals surface area (Å²) in [6.45, 7) is 1.81. The molecule has 0 radical (unpaired) electrons. The van der Waals surface area contributed by atoms with Crippen molar-refractivity contribution in [3.05, 3.63) is 66.7 Å². The third-order valence-corrected chi connectivity index (χ3v) is 5.77. The Hall–Kier alpha value is -3.52. The van der Waals surface area contributed by atoms with Gasteiger partial charge in [-0.3, -0.25) is 4.79 Å². The van der Waals surface area contributed by atoms with Crippen LogP contribution in [-0.4, -0.2) is 33.1 Å². The molecular weight excluding hydrogens is 398 g/mol. The zero-order valence-corrected chi connectivity index (χ0v) is 17.4. The number of aromatic nitrogens is 3. The molecule has 8 heteroatoms. The summed E-state index contributed by atoms with van der Waals surface area (Å²) in [5.41, 5.74) is 1.59. The van der Waals surface area contributed by atoms with Crippen molar-refractivity contribution in [1.29, 1.82) is 0 Å². The molecule has 3 N–H and O–H groups in total. The van der Waals surface area contributed by atoms with Crippen molar-refractivity contribution in [3.63, 3.8) is 0 Å². The van der Waals surface area contributed by atoms with Crippen molar-refractivity contribution in [3.8, 4) is 17.1 Å². The van der Waals surface area contributed by atoms with E-state index in [2.05, 4.69) is 15.5 Å². The molecule has 0 saturated carbocycles. The molecule has 0 fully saturated rings. The van der Waals surface area contributed by atoms with Crippen LogP contribution in [-0.2, 0) is 4.79 Å². The van der Waals surface area contributed by atoms with Gasteiger partial charge in [0.15, 0.2) is 5.82 Å². The number of methoxy groups -OCH3 is 1. The Morgan fingerprint density at radius 2 is 1.80 bits per heavy atom. The normalized spacial score (nSPS) is 11.9. The number of carbonyl (C=O) groups is 1. The van der Waals surface area contributed by atoms with E-state index in [9.17, 15) is 4.79 Å². The second kappa shape index (κ2) is 8.46. The highest BCUT2D eigenvalue weighted by atomic mass is 32.2. The van der Waals surface area contributed by atoms with Crippen LogP contribution in [0.2, 0.25) is 0 Å². The van der Waals surface area contributed by atoms with Gasteiger partial charge in [-0.15, -0.1) is 10.2 Å². The minimum atomic E-state index is -0.417. The number of nitrogens with one attached hydrogen (secondary N) is 1. The predicted molar refractivity (Wildman–Crippen MR) is 120 cm³/mol. The zero-order chi connectivity index (χ0) is 21.1. The summed E-state index contributed by atoms with van der Waals surface area (Å²) in [6.07, 6.45) is 0. The first-order valence-corrected chi connectivity index (χ1v) is 10.2. The average molecular weight is 420 g/mol. The largest absolute Gasteiger partial charge is 0.497 e. The fourth-order valence-electron chi connectivity index (χ4n) is 3.07. The fraction of sp³-hybridized carbons (Fsp3) is 0.136.